The molecular formula is C30H40N2O4. The lowest BCUT2D eigenvalue weighted by Crippen LogP contribution is -2.29. The van der Waals surface area contributed by atoms with E-state index in [-0.39, 0.29) is 17.7 Å². The number of ether oxygens (including phenoxy) is 1. The molecule has 0 aliphatic heterocycles. The number of fused-ring (bicyclic) bond motifs is 1. The Morgan fingerprint density at radius 1 is 1.06 bits per heavy atom. The van der Waals surface area contributed by atoms with Crippen molar-refractivity contribution < 1.29 is 18.7 Å². The molecule has 0 spiro atoms. The van der Waals surface area contributed by atoms with Gasteiger partial charge in [-0.1, -0.05) is 32.0 Å². The third-order valence-electron chi connectivity index (χ3n) is 6.42. The lowest BCUT2D eigenvalue weighted by molar-refractivity contribution is -0.121. The molecule has 0 saturated heterocycles. The summed E-state index contributed by atoms with van der Waals surface area (Å²) in [5, 5.41) is 3.72. The highest BCUT2D eigenvalue weighted by molar-refractivity contribution is 6.17. The molecule has 6 nitrogen and oxygen atoms in total. The maximum Gasteiger partial charge on any atom is 0.220 e. The second-order valence-corrected chi connectivity index (χ2v) is 9.62. The first kappa shape index (κ1) is 27.5. The predicted molar refractivity (Wildman–Crippen MR) is 145 cm³/mol. The Balaban J connectivity index is 1.83. The standard InChI is InChI=1S/C30H40N2O4/c1-7-32(8-2)16-17-35-30-21(5)18-23(19-22(30)6)29(34)28-24-12-9-10-13-25(24)36-26(28)14-11-15-27(33)31-20(3)4/h9-10,12-13,18-20H,7-8,11,14-17H2,1-6H3,(H,31,33). The molecule has 0 unspecified atom stereocenters. The van der Waals surface area contributed by atoms with Gasteiger partial charge in [0, 0.05) is 36.4 Å². The van der Waals surface area contributed by atoms with Crippen molar-refractivity contribution in [2.75, 3.05) is 26.2 Å². The van der Waals surface area contributed by atoms with Crippen LogP contribution < -0.4 is 10.1 Å². The number of likely N-dealkylation sites (N-methyl/N-ethyl adjacent to an activating group) is 1. The quantitative estimate of drug-likeness (QED) is 0.303. The summed E-state index contributed by atoms with van der Waals surface area (Å²) in [6.07, 6.45) is 1.52. The average molecular weight is 493 g/mol. The number of para-hydroxylation sites is 1. The van der Waals surface area contributed by atoms with Crippen LogP contribution in [0.4, 0.5) is 0 Å². The summed E-state index contributed by atoms with van der Waals surface area (Å²) in [6.45, 7) is 15.6. The first-order valence-electron chi connectivity index (χ1n) is 13.1. The molecule has 1 amide bonds. The molecular weight excluding hydrogens is 452 g/mol. The second-order valence-electron chi connectivity index (χ2n) is 9.62. The first-order chi connectivity index (χ1) is 17.2. The normalized spacial score (nSPS) is 11.4. The monoisotopic (exact) mass is 492 g/mol. The van der Waals surface area contributed by atoms with Crippen LogP contribution in [-0.4, -0.2) is 48.9 Å². The fourth-order valence-corrected chi connectivity index (χ4v) is 4.59. The smallest absolute Gasteiger partial charge is 0.220 e. The summed E-state index contributed by atoms with van der Waals surface area (Å²) in [4.78, 5) is 28.2. The molecule has 0 bridgehead atoms. The summed E-state index contributed by atoms with van der Waals surface area (Å²) >= 11 is 0. The van der Waals surface area contributed by atoms with Gasteiger partial charge in [-0.05, 0) is 76.5 Å². The Morgan fingerprint density at radius 2 is 1.72 bits per heavy atom. The number of carbonyl (C=O) groups excluding carboxylic acids is 2. The molecule has 0 radical (unpaired) electrons. The summed E-state index contributed by atoms with van der Waals surface area (Å²) < 4.78 is 12.2. The second kappa shape index (κ2) is 12.7. The van der Waals surface area contributed by atoms with Gasteiger partial charge in [0.15, 0.2) is 5.78 Å². The van der Waals surface area contributed by atoms with Crippen LogP contribution in [0.5, 0.6) is 5.75 Å². The number of aryl methyl sites for hydroxylation is 3. The maximum absolute atomic E-state index is 13.8. The fourth-order valence-electron chi connectivity index (χ4n) is 4.59. The van der Waals surface area contributed by atoms with E-state index >= 15 is 0 Å². The van der Waals surface area contributed by atoms with Gasteiger partial charge in [0.05, 0.1) is 5.56 Å². The van der Waals surface area contributed by atoms with Crippen molar-refractivity contribution in [2.45, 2.75) is 66.8 Å². The Labute approximate surface area is 215 Å². The number of hydrogen-bond acceptors (Lipinski definition) is 5. The molecule has 3 aromatic rings. The van der Waals surface area contributed by atoms with Crippen molar-refractivity contribution in [2.24, 2.45) is 0 Å². The number of carbonyl (C=O) groups is 2. The number of ketones is 1. The van der Waals surface area contributed by atoms with Crippen molar-refractivity contribution in [3.05, 3.63) is 64.4 Å². The zero-order valence-electron chi connectivity index (χ0n) is 22.6. The zero-order chi connectivity index (χ0) is 26.2. The Bertz CT molecular complexity index is 1170. The molecule has 1 N–H and O–H groups in total. The Hall–Kier alpha value is -3.12. The summed E-state index contributed by atoms with van der Waals surface area (Å²) in [5.41, 5.74) is 3.78. The first-order valence-corrected chi connectivity index (χ1v) is 13.1. The number of rotatable bonds is 13. The predicted octanol–water partition coefficient (Wildman–Crippen LogP) is 5.85. The molecule has 6 heteroatoms. The van der Waals surface area contributed by atoms with Gasteiger partial charge in [-0.15, -0.1) is 0 Å². The minimum atomic E-state index is -0.0672. The molecule has 3 rings (SSSR count). The maximum atomic E-state index is 13.8. The number of furan rings is 1. The van der Waals surface area contributed by atoms with Crippen LogP contribution in [0.1, 0.15) is 73.3 Å². The lowest BCUT2D eigenvalue weighted by Gasteiger charge is -2.19. The lowest BCUT2D eigenvalue weighted by atomic mass is 9.95. The zero-order valence-corrected chi connectivity index (χ0v) is 22.6. The molecule has 1 aromatic heterocycles. The van der Waals surface area contributed by atoms with Gasteiger partial charge in [-0.3, -0.25) is 9.59 Å². The minimum Gasteiger partial charge on any atom is -0.492 e. The van der Waals surface area contributed by atoms with Gasteiger partial charge in [0.25, 0.3) is 0 Å². The fraction of sp³-hybridized carbons (Fsp3) is 0.467. The van der Waals surface area contributed by atoms with E-state index in [2.05, 4.69) is 24.1 Å². The average Bonchev–Trinajstić information content (AvgIpc) is 3.20. The van der Waals surface area contributed by atoms with Crippen LogP contribution in [-0.2, 0) is 11.2 Å². The highest BCUT2D eigenvalue weighted by Crippen LogP contribution is 2.32. The molecule has 1 heterocycles. The van der Waals surface area contributed by atoms with Crippen molar-refractivity contribution in [1.29, 1.82) is 0 Å². The Kier molecular flexibility index (Phi) is 9.71. The van der Waals surface area contributed by atoms with E-state index in [1.54, 1.807) is 0 Å². The molecule has 2 aromatic carbocycles. The molecule has 0 fully saturated rings. The van der Waals surface area contributed by atoms with Crippen LogP contribution in [0, 0.1) is 13.8 Å². The molecule has 194 valence electrons. The molecule has 0 aliphatic carbocycles. The topological polar surface area (TPSA) is 71.8 Å². The summed E-state index contributed by atoms with van der Waals surface area (Å²) in [6, 6.07) is 11.5. The highest BCUT2D eigenvalue weighted by atomic mass is 16.5. The van der Waals surface area contributed by atoms with Crippen LogP contribution in [0.15, 0.2) is 40.8 Å². The van der Waals surface area contributed by atoms with Crippen LogP contribution in [0.25, 0.3) is 11.0 Å². The number of benzene rings is 2. The van der Waals surface area contributed by atoms with Crippen molar-refractivity contribution in [3.63, 3.8) is 0 Å². The SMILES string of the molecule is CCN(CC)CCOc1c(C)cc(C(=O)c2c(CCCC(=O)NC(C)C)oc3ccccc23)cc1C. The minimum absolute atomic E-state index is 0.0109. The number of nitrogens with one attached hydrogen (secondary N) is 1. The van der Waals surface area contributed by atoms with E-state index in [1.165, 1.54) is 0 Å². The van der Waals surface area contributed by atoms with E-state index in [0.717, 1.165) is 41.9 Å². The van der Waals surface area contributed by atoms with E-state index in [4.69, 9.17) is 9.15 Å². The number of nitrogens with zero attached hydrogens (tertiary/aromatic N) is 1. The van der Waals surface area contributed by atoms with Crippen LogP contribution in [0.2, 0.25) is 0 Å². The van der Waals surface area contributed by atoms with E-state index in [9.17, 15) is 9.59 Å². The largest absolute Gasteiger partial charge is 0.492 e. The van der Waals surface area contributed by atoms with Crippen LogP contribution in [0.3, 0.4) is 0 Å². The number of hydrogen-bond donors (Lipinski definition) is 1. The molecule has 0 saturated carbocycles. The van der Waals surface area contributed by atoms with Gasteiger partial charge < -0.3 is 19.4 Å². The summed E-state index contributed by atoms with van der Waals surface area (Å²) in [7, 11) is 0. The van der Waals surface area contributed by atoms with Gasteiger partial charge >= 0.3 is 0 Å². The molecule has 36 heavy (non-hydrogen) atoms. The van der Waals surface area contributed by atoms with Crippen LogP contribution >= 0.6 is 0 Å². The Morgan fingerprint density at radius 3 is 2.36 bits per heavy atom. The van der Waals surface area contributed by atoms with E-state index in [0.29, 0.717) is 48.3 Å². The van der Waals surface area contributed by atoms with E-state index in [1.807, 2.05) is 64.1 Å². The highest BCUT2D eigenvalue weighted by Gasteiger charge is 2.23. The van der Waals surface area contributed by atoms with Gasteiger partial charge in [0.1, 0.15) is 23.7 Å². The molecule has 0 aliphatic rings. The molecule has 0 atom stereocenters. The van der Waals surface area contributed by atoms with Gasteiger partial charge in [-0.25, -0.2) is 0 Å². The van der Waals surface area contributed by atoms with Gasteiger partial charge in [0.2, 0.25) is 5.91 Å². The third kappa shape index (κ3) is 6.76. The summed E-state index contributed by atoms with van der Waals surface area (Å²) in [5.74, 6) is 1.42. The van der Waals surface area contributed by atoms with Gasteiger partial charge in [-0.2, -0.15) is 0 Å². The van der Waals surface area contributed by atoms with Crippen molar-refractivity contribution >= 4 is 22.7 Å². The third-order valence-corrected chi connectivity index (χ3v) is 6.42. The van der Waals surface area contributed by atoms with Crippen molar-refractivity contribution in [3.8, 4) is 5.75 Å². The van der Waals surface area contributed by atoms with E-state index < -0.39 is 0 Å². The number of amides is 1. The van der Waals surface area contributed by atoms with Crippen molar-refractivity contribution in [1.82, 2.24) is 10.2 Å².